The lowest BCUT2D eigenvalue weighted by Gasteiger charge is -2.45. The van der Waals surface area contributed by atoms with Crippen molar-refractivity contribution in [1.29, 1.82) is 0 Å². The van der Waals surface area contributed by atoms with Crippen molar-refractivity contribution in [2.24, 2.45) is 0 Å². The van der Waals surface area contributed by atoms with Crippen LogP contribution in [-0.4, -0.2) is 51.2 Å². The van der Waals surface area contributed by atoms with E-state index in [1.54, 1.807) is 30.3 Å². The number of benzene rings is 4. The average molecular weight is 673 g/mol. The van der Waals surface area contributed by atoms with Gasteiger partial charge in [-0.2, -0.15) is 21.6 Å². The molecule has 250 valence electrons. The lowest BCUT2D eigenvalue weighted by molar-refractivity contribution is -0.310. The van der Waals surface area contributed by atoms with Gasteiger partial charge in [-0.15, -0.1) is 0 Å². The quantitative estimate of drug-likeness (QED) is 0.104. The average Bonchev–Trinajstić information content (AvgIpc) is 3.07. The predicted octanol–water partition coefficient (Wildman–Crippen LogP) is 6.55. The Labute approximate surface area is 272 Å². The summed E-state index contributed by atoms with van der Waals surface area (Å²) < 4.78 is 101. The van der Waals surface area contributed by atoms with E-state index in [9.17, 15) is 21.6 Å². The van der Waals surface area contributed by atoms with Crippen LogP contribution in [0.3, 0.4) is 0 Å². The third-order valence-electron chi connectivity index (χ3n) is 7.35. The first-order chi connectivity index (χ1) is 22.7. The van der Waals surface area contributed by atoms with Gasteiger partial charge in [0, 0.05) is 0 Å². The van der Waals surface area contributed by atoms with Crippen molar-refractivity contribution in [3.05, 3.63) is 144 Å². The van der Waals surface area contributed by atoms with E-state index >= 15 is 0 Å². The lowest BCUT2D eigenvalue weighted by atomic mass is 9.98. The Bertz CT molecular complexity index is 1590. The fourth-order valence-corrected chi connectivity index (χ4v) is 5.52. The maximum Gasteiger partial charge on any atom is 0.523 e. The van der Waals surface area contributed by atoms with Gasteiger partial charge in [0.1, 0.15) is 24.4 Å². The molecule has 8 nitrogen and oxygen atoms in total. The van der Waals surface area contributed by atoms with Crippen LogP contribution in [0.2, 0.25) is 0 Å². The van der Waals surface area contributed by atoms with Crippen molar-refractivity contribution in [2.75, 3.05) is 6.61 Å². The van der Waals surface area contributed by atoms with E-state index in [4.69, 9.17) is 27.9 Å². The summed E-state index contributed by atoms with van der Waals surface area (Å²) in [6.45, 7) is -0.0311. The Hall–Kier alpha value is -3.62. The van der Waals surface area contributed by atoms with Gasteiger partial charge in [-0.05, 0) is 22.3 Å². The number of halogens is 3. The Balaban J connectivity index is 1.49. The van der Waals surface area contributed by atoms with Crippen molar-refractivity contribution >= 4 is 10.1 Å². The molecule has 4 aromatic rings. The summed E-state index contributed by atoms with van der Waals surface area (Å²) in [5.74, 6) is 0. The van der Waals surface area contributed by atoms with Crippen molar-refractivity contribution in [3.63, 3.8) is 0 Å². The van der Waals surface area contributed by atoms with Crippen LogP contribution < -0.4 is 0 Å². The first-order valence-corrected chi connectivity index (χ1v) is 16.3. The lowest BCUT2D eigenvalue weighted by Crippen LogP contribution is -2.62. The summed E-state index contributed by atoms with van der Waals surface area (Å²) in [6.07, 6.45) is -6.78. The van der Waals surface area contributed by atoms with Crippen molar-refractivity contribution in [3.8, 4) is 0 Å². The fraction of sp³-hybridized carbons (Fsp3) is 0.314. The minimum atomic E-state index is -6.11. The van der Waals surface area contributed by atoms with Crippen molar-refractivity contribution in [2.45, 2.75) is 62.6 Å². The van der Waals surface area contributed by atoms with E-state index in [0.717, 1.165) is 16.7 Å². The second-order valence-electron chi connectivity index (χ2n) is 10.8. The molecule has 0 aromatic heterocycles. The molecule has 12 heteroatoms. The summed E-state index contributed by atoms with van der Waals surface area (Å²) >= 11 is 0. The molecule has 5 atom stereocenters. The van der Waals surface area contributed by atoms with Crippen LogP contribution in [0.25, 0.3) is 0 Å². The minimum absolute atomic E-state index is 0.0121. The normalized spacial score (nSPS) is 21.8. The summed E-state index contributed by atoms with van der Waals surface area (Å²) in [5, 5.41) is 0. The molecule has 5 rings (SSSR count). The number of ether oxygens (including phenoxy) is 5. The minimum Gasteiger partial charge on any atom is -0.374 e. The van der Waals surface area contributed by atoms with E-state index in [1.165, 1.54) is 0 Å². The van der Waals surface area contributed by atoms with E-state index in [0.29, 0.717) is 5.56 Å². The SMILES string of the molecule is O=S(=O)(O[C@@H]1O[C@H](COCc2ccccc2)[C@@H](OCc2ccccc2)[C@H](OCc2ccccc2)[C@H]1OCc1ccccc1)C(F)(F)F. The number of rotatable bonds is 15. The smallest absolute Gasteiger partial charge is 0.374 e. The van der Waals surface area contributed by atoms with Crippen LogP contribution in [0, 0.1) is 0 Å². The van der Waals surface area contributed by atoms with Crippen LogP contribution >= 0.6 is 0 Å². The monoisotopic (exact) mass is 672 g/mol. The van der Waals surface area contributed by atoms with Gasteiger partial charge < -0.3 is 23.7 Å². The van der Waals surface area contributed by atoms with Gasteiger partial charge in [0.25, 0.3) is 0 Å². The maximum absolute atomic E-state index is 13.6. The first-order valence-electron chi connectivity index (χ1n) is 14.9. The fourth-order valence-electron chi connectivity index (χ4n) is 5.00. The Morgan fingerprint density at radius 3 is 1.36 bits per heavy atom. The molecular formula is C35H35F3O8S. The van der Waals surface area contributed by atoms with E-state index in [-0.39, 0.29) is 33.0 Å². The maximum atomic E-state index is 13.6. The van der Waals surface area contributed by atoms with Crippen molar-refractivity contribution in [1.82, 2.24) is 0 Å². The molecule has 4 aromatic carbocycles. The van der Waals surface area contributed by atoms with Crippen LogP contribution in [0.4, 0.5) is 13.2 Å². The van der Waals surface area contributed by atoms with E-state index in [2.05, 4.69) is 0 Å². The van der Waals surface area contributed by atoms with Gasteiger partial charge in [0.15, 0.2) is 0 Å². The Kier molecular flexibility index (Phi) is 12.2. The molecule has 0 bridgehead atoms. The van der Waals surface area contributed by atoms with Gasteiger partial charge in [-0.1, -0.05) is 121 Å². The topological polar surface area (TPSA) is 89.5 Å². The van der Waals surface area contributed by atoms with Gasteiger partial charge in [-0.3, -0.25) is 0 Å². The van der Waals surface area contributed by atoms with Gasteiger partial charge in [0.2, 0.25) is 6.29 Å². The van der Waals surface area contributed by atoms with Crippen LogP contribution in [-0.2, 0) is 64.4 Å². The summed E-state index contributed by atoms with van der Waals surface area (Å²) in [6, 6.07) is 36.5. The number of hydrogen-bond acceptors (Lipinski definition) is 8. The largest absolute Gasteiger partial charge is 0.523 e. The number of hydrogen-bond donors (Lipinski definition) is 0. The first kappa shape index (κ1) is 34.7. The third kappa shape index (κ3) is 9.94. The standard InChI is InChI=1S/C35H35F3O8S/c36-35(37,38)47(39,40)46-34-33(44-24-29-19-11-4-12-20-29)32(43-23-28-17-9-3-10-18-28)31(42-22-27-15-7-2-8-16-27)30(45-34)25-41-21-26-13-5-1-6-14-26/h1-20,30-34H,21-25H2/t30-,31-,32+,33-,34+/m1/s1. The molecule has 1 saturated heterocycles. The van der Waals surface area contributed by atoms with Gasteiger partial charge in [-0.25, -0.2) is 4.18 Å². The Morgan fingerprint density at radius 1 is 0.553 bits per heavy atom. The van der Waals surface area contributed by atoms with Crippen LogP contribution in [0.15, 0.2) is 121 Å². The molecule has 0 amide bonds. The molecular weight excluding hydrogens is 637 g/mol. The molecule has 1 heterocycles. The molecule has 0 radical (unpaired) electrons. The summed E-state index contributed by atoms with van der Waals surface area (Å²) in [7, 11) is -6.11. The summed E-state index contributed by atoms with van der Waals surface area (Å²) in [5.41, 5.74) is -2.60. The highest BCUT2D eigenvalue weighted by molar-refractivity contribution is 7.87. The molecule has 0 aliphatic carbocycles. The van der Waals surface area contributed by atoms with E-state index < -0.39 is 46.3 Å². The zero-order chi connectivity index (χ0) is 33.1. The number of alkyl halides is 3. The molecule has 1 aliphatic rings. The molecule has 1 fully saturated rings. The second-order valence-corrected chi connectivity index (χ2v) is 12.4. The van der Waals surface area contributed by atoms with Gasteiger partial charge in [0.05, 0.1) is 33.0 Å². The third-order valence-corrected chi connectivity index (χ3v) is 8.36. The molecule has 1 aliphatic heterocycles. The van der Waals surface area contributed by atoms with E-state index in [1.807, 2.05) is 91.0 Å². The molecule has 0 unspecified atom stereocenters. The van der Waals surface area contributed by atoms with Crippen LogP contribution in [0.1, 0.15) is 22.3 Å². The summed E-state index contributed by atoms with van der Waals surface area (Å²) in [4.78, 5) is 0. The molecule has 0 spiro atoms. The highest BCUT2D eigenvalue weighted by Crippen LogP contribution is 2.35. The highest BCUT2D eigenvalue weighted by Gasteiger charge is 2.55. The predicted molar refractivity (Wildman–Crippen MR) is 166 cm³/mol. The molecule has 47 heavy (non-hydrogen) atoms. The van der Waals surface area contributed by atoms with Crippen LogP contribution in [0.5, 0.6) is 0 Å². The second kappa shape index (κ2) is 16.5. The zero-order valence-corrected chi connectivity index (χ0v) is 26.1. The highest BCUT2D eigenvalue weighted by atomic mass is 32.2. The molecule has 0 N–H and O–H groups in total. The Morgan fingerprint density at radius 2 is 0.936 bits per heavy atom. The van der Waals surface area contributed by atoms with Crippen molar-refractivity contribution < 1.29 is 49.5 Å². The van der Waals surface area contributed by atoms with Gasteiger partial charge >= 0.3 is 15.6 Å². The molecule has 0 saturated carbocycles. The zero-order valence-electron chi connectivity index (χ0n) is 25.3.